The highest BCUT2D eigenvalue weighted by Gasteiger charge is 2.30. The van der Waals surface area contributed by atoms with Gasteiger partial charge in [0.15, 0.2) is 5.16 Å². The zero-order chi connectivity index (χ0) is 17.2. The molecule has 1 aliphatic carbocycles. The van der Waals surface area contributed by atoms with Gasteiger partial charge in [0.25, 0.3) is 0 Å². The molecule has 0 radical (unpaired) electrons. The number of amides is 1. The maximum Gasteiger partial charge on any atom is 0.234 e. The number of carbonyl (C=O) groups excluding carboxylic acids is 1. The molecular formula is C16H16N6OS2. The molecule has 0 spiro atoms. The van der Waals surface area contributed by atoms with Crippen molar-refractivity contribution in [3.8, 4) is 0 Å². The lowest BCUT2D eigenvalue weighted by Crippen LogP contribution is -2.15. The third kappa shape index (κ3) is 3.42. The first-order chi connectivity index (χ1) is 12.3. The Labute approximate surface area is 152 Å². The van der Waals surface area contributed by atoms with Crippen LogP contribution in [-0.4, -0.2) is 35.2 Å². The molecule has 7 nitrogen and oxygen atoms in total. The molecule has 2 aromatic heterocycles. The summed E-state index contributed by atoms with van der Waals surface area (Å²) < 4.78 is 10.5. The average Bonchev–Trinajstić information content (AvgIpc) is 3.19. The Kier molecular flexibility index (Phi) is 4.50. The summed E-state index contributed by atoms with van der Waals surface area (Å²) in [6, 6.07) is 5.56. The van der Waals surface area contributed by atoms with E-state index in [4.69, 9.17) is 0 Å². The van der Waals surface area contributed by atoms with Crippen LogP contribution in [0.1, 0.15) is 24.6 Å². The topological polar surface area (TPSA) is 85.6 Å². The number of nitrogens with one attached hydrogen (secondary N) is 1. The Bertz CT molecular complexity index is 930. The van der Waals surface area contributed by atoms with Crippen LogP contribution in [0.25, 0.3) is 11.0 Å². The molecular weight excluding hydrogens is 356 g/mol. The molecule has 1 N–H and O–H groups in total. The van der Waals surface area contributed by atoms with Crippen molar-refractivity contribution in [3.63, 3.8) is 0 Å². The molecule has 1 aromatic carbocycles. The van der Waals surface area contributed by atoms with Gasteiger partial charge in [-0.05, 0) is 25.0 Å². The average molecular weight is 372 g/mol. The lowest BCUT2D eigenvalue weighted by Gasteiger charge is -2.07. The van der Waals surface area contributed by atoms with Crippen LogP contribution in [0, 0.1) is 0 Å². The first kappa shape index (κ1) is 16.2. The van der Waals surface area contributed by atoms with E-state index in [1.165, 1.54) is 11.8 Å². The Morgan fingerprint density at radius 1 is 1.40 bits per heavy atom. The van der Waals surface area contributed by atoms with E-state index < -0.39 is 0 Å². The van der Waals surface area contributed by atoms with Gasteiger partial charge < -0.3 is 9.88 Å². The normalized spacial score (nSPS) is 13.9. The molecule has 4 rings (SSSR count). The van der Waals surface area contributed by atoms with Crippen molar-refractivity contribution in [2.45, 2.75) is 30.5 Å². The molecule has 0 unspecified atom stereocenters. The van der Waals surface area contributed by atoms with Crippen molar-refractivity contribution < 1.29 is 4.79 Å². The van der Waals surface area contributed by atoms with Crippen molar-refractivity contribution in [1.29, 1.82) is 0 Å². The number of allylic oxidation sites excluding steroid dienone is 1. The van der Waals surface area contributed by atoms with E-state index in [2.05, 4.69) is 30.8 Å². The van der Waals surface area contributed by atoms with E-state index in [-0.39, 0.29) is 11.7 Å². The second kappa shape index (κ2) is 6.93. The van der Waals surface area contributed by atoms with E-state index >= 15 is 0 Å². The van der Waals surface area contributed by atoms with Crippen molar-refractivity contribution in [2.24, 2.45) is 0 Å². The molecule has 1 amide bonds. The van der Waals surface area contributed by atoms with Crippen LogP contribution in [0.15, 0.2) is 36.0 Å². The minimum atomic E-state index is -0.105. The maximum absolute atomic E-state index is 12.3. The third-order valence-electron chi connectivity index (χ3n) is 3.89. The number of hydrogen-bond donors (Lipinski definition) is 1. The Morgan fingerprint density at radius 3 is 3.08 bits per heavy atom. The van der Waals surface area contributed by atoms with Gasteiger partial charge in [-0.3, -0.25) is 4.79 Å². The van der Waals surface area contributed by atoms with Crippen LogP contribution in [-0.2, 0) is 11.3 Å². The number of benzene rings is 1. The van der Waals surface area contributed by atoms with Gasteiger partial charge in [-0.25, -0.2) is 0 Å². The van der Waals surface area contributed by atoms with Gasteiger partial charge in [-0.2, -0.15) is 8.75 Å². The van der Waals surface area contributed by atoms with Crippen molar-refractivity contribution >= 4 is 46.1 Å². The fourth-order valence-electron chi connectivity index (χ4n) is 2.57. The van der Waals surface area contributed by atoms with E-state index in [0.717, 1.165) is 46.6 Å². The van der Waals surface area contributed by atoms with Gasteiger partial charge in [-0.15, -0.1) is 16.8 Å². The predicted molar refractivity (Wildman–Crippen MR) is 99.0 cm³/mol. The van der Waals surface area contributed by atoms with Gasteiger partial charge in [0.2, 0.25) is 5.91 Å². The number of thioether (sulfide) groups is 1. The second-order valence-electron chi connectivity index (χ2n) is 5.79. The first-order valence-corrected chi connectivity index (χ1v) is 9.66. The Hall–Kier alpha value is -2.26. The molecule has 3 aromatic rings. The molecule has 0 atom stereocenters. The minimum absolute atomic E-state index is 0.105. The SMILES string of the molecule is C=CCn1c(SCC(=O)Nc2cccc3nsnc23)nnc1C1CC1. The number of aromatic nitrogens is 5. The number of fused-ring (bicyclic) bond motifs is 1. The zero-order valence-corrected chi connectivity index (χ0v) is 15.0. The number of carbonyl (C=O) groups is 1. The number of nitrogens with zero attached hydrogens (tertiary/aromatic N) is 5. The summed E-state index contributed by atoms with van der Waals surface area (Å²) in [4.78, 5) is 12.3. The van der Waals surface area contributed by atoms with Crippen LogP contribution in [0.3, 0.4) is 0 Å². The molecule has 25 heavy (non-hydrogen) atoms. The summed E-state index contributed by atoms with van der Waals surface area (Å²) in [6.45, 7) is 4.45. The lowest BCUT2D eigenvalue weighted by molar-refractivity contribution is -0.113. The zero-order valence-electron chi connectivity index (χ0n) is 13.4. The highest BCUT2D eigenvalue weighted by Crippen LogP contribution is 2.40. The summed E-state index contributed by atoms with van der Waals surface area (Å²) >= 11 is 2.52. The second-order valence-corrected chi connectivity index (χ2v) is 7.26. The van der Waals surface area contributed by atoms with Crippen LogP contribution in [0.4, 0.5) is 5.69 Å². The molecule has 2 heterocycles. The third-order valence-corrected chi connectivity index (χ3v) is 5.40. The Morgan fingerprint density at radius 2 is 2.28 bits per heavy atom. The fraction of sp³-hybridized carbons (Fsp3) is 0.312. The van der Waals surface area contributed by atoms with Crippen molar-refractivity contribution in [2.75, 3.05) is 11.1 Å². The van der Waals surface area contributed by atoms with E-state index in [1.807, 2.05) is 28.8 Å². The minimum Gasteiger partial charge on any atom is -0.323 e. The van der Waals surface area contributed by atoms with Gasteiger partial charge in [0.05, 0.1) is 23.2 Å². The number of anilines is 1. The maximum atomic E-state index is 12.3. The van der Waals surface area contributed by atoms with Crippen molar-refractivity contribution in [1.82, 2.24) is 23.5 Å². The molecule has 9 heteroatoms. The summed E-state index contributed by atoms with van der Waals surface area (Å²) in [5, 5.41) is 12.2. The van der Waals surface area contributed by atoms with Crippen LogP contribution >= 0.6 is 23.5 Å². The predicted octanol–water partition coefficient (Wildman–Crippen LogP) is 3.08. The molecule has 1 saturated carbocycles. The fourth-order valence-corrected chi connectivity index (χ4v) is 3.88. The molecule has 0 aliphatic heterocycles. The van der Waals surface area contributed by atoms with Crippen LogP contribution in [0.2, 0.25) is 0 Å². The van der Waals surface area contributed by atoms with Gasteiger partial charge >= 0.3 is 0 Å². The lowest BCUT2D eigenvalue weighted by atomic mass is 10.2. The molecule has 0 bridgehead atoms. The summed E-state index contributed by atoms with van der Waals surface area (Å²) in [6.07, 6.45) is 4.15. The van der Waals surface area contributed by atoms with Crippen LogP contribution < -0.4 is 5.32 Å². The summed E-state index contributed by atoms with van der Waals surface area (Å²) in [5.74, 6) is 1.66. The molecule has 128 valence electrons. The van der Waals surface area contributed by atoms with Gasteiger partial charge in [0.1, 0.15) is 16.9 Å². The quantitative estimate of drug-likeness (QED) is 0.507. The largest absolute Gasteiger partial charge is 0.323 e. The van der Waals surface area contributed by atoms with Gasteiger partial charge in [0, 0.05) is 12.5 Å². The first-order valence-electron chi connectivity index (χ1n) is 7.94. The van der Waals surface area contributed by atoms with E-state index in [0.29, 0.717) is 18.2 Å². The molecule has 1 fully saturated rings. The number of rotatable bonds is 7. The summed E-state index contributed by atoms with van der Waals surface area (Å²) in [7, 11) is 0. The van der Waals surface area contributed by atoms with E-state index in [1.54, 1.807) is 0 Å². The molecule has 1 aliphatic rings. The Balaban J connectivity index is 1.44. The van der Waals surface area contributed by atoms with Crippen LogP contribution in [0.5, 0.6) is 0 Å². The smallest absolute Gasteiger partial charge is 0.234 e. The molecule has 0 saturated heterocycles. The highest BCUT2D eigenvalue weighted by molar-refractivity contribution is 7.99. The van der Waals surface area contributed by atoms with E-state index in [9.17, 15) is 4.79 Å². The monoisotopic (exact) mass is 372 g/mol. The standard InChI is InChI=1S/C16H16N6OS2/c1-2-8-22-15(10-6-7-10)18-19-16(22)24-9-13(23)17-11-4-3-5-12-14(11)21-25-20-12/h2-5,10H,1,6-9H2,(H,17,23). The number of hydrogen-bond acceptors (Lipinski definition) is 7. The summed E-state index contributed by atoms with van der Waals surface area (Å²) in [5.41, 5.74) is 2.19. The van der Waals surface area contributed by atoms with Gasteiger partial charge in [-0.1, -0.05) is 23.9 Å². The van der Waals surface area contributed by atoms with Crippen molar-refractivity contribution in [3.05, 3.63) is 36.7 Å². The highest BCUT2D eigenvalue weighted by atomic mass is 32.2.